The Morgan fingerprint density at radius 2 is 2.47 bits per heavy atom. The summed E-state index contributed by atoms with van der Waals surface area (Å²) in [6.45, 7) is 1.77. The molecule has 4 nitrogen and oxygen atoms in total. The van der Waals surface area contributed by atoms with Crippen LogP contribution >= 0.6 is 0 Å². The Bertz CT molecular complexity index is 513. The number of hydrazone groups is 1. The van der Waals surface area contributed by atoms with E-state index < -0.39 is 0 Å². The first kappa shape index (κ1) is 10.3. The van der Waals surface area contributed by atoms with Gasteiger partial charge in [0, 0.05) is 11.6 Å². The van der Waals surface area contributed by atoms with Crippen molar-refractivity contribution < 1.29 is 9.21 Å². The summed E-state index contributed by atoms with van der Waals surface area (Å²) in [5.74, 6) is 1.61. The van der Waals surface area contributed by atoms with Crippen LogP contribution in [0.3, 0.4) is 0 Å². The van der Waals surface area contributed by atoms with Crippen molar-refractivity contribution in [2.45, 2.75) is 19.8 Å². The summed E-state index contributed by atoms with van der Waals surface area (Å²) >= 11 is 0. The minimum Gasteiger partial charge on any atom is -0.469 e. The Morgan fingerprint density at radius 3 is 3.18 bits per heavy atom. The number of rotatable bonds is 2. The van der Waals surface area contributed by atoms with Crippen molar-refractivity contribution in [2.75, 3.05) is 0 Å². The molecule has 2 atom stereocenters. The van der Waals surface area contributed by atoms with Gasteiger partial charge in [0.2, 0.25) is 0 Å². The van der Waals surface area contributed by atoms with Crippen LogP contribution in [0.2, 0.25) is 0 Å². The topological polar surface area (TPSA) is 54.6 Å². The molecule has 0 spiro atoms. The molecule has 0 aliphatic heterocycles. The van der Waals surface area contributed by atoms with Crippen LogP contribution in [0.5, 0.6) is 0 Å². The third-order valence-electron chi connectivity index (χ3n) is 3.57. The van der Waals surface area contributed by atoms with Gasteiger partial charge >= 0.3 is 0 Å². The molecule has 0 radical (unpaired) electrons. The van der Waals surface area contributed by atoms with Crippen LogP contribution in [0.25, 0.3) is 0 Å². The lowest BCUT2D eigenvalue weighted by molar-refractivity contribution is 0.0952. The van der Waals surface area contributed by atoms with Crippen molar-refractivity contribution in [1.82, 2.24) is 5.43 Å². The molecule has 1 aromatic heterocycles. The number of fused-ring (bicyclic) bond motifs is 1. The average Bonchev–Trinajstić information content (AvgIpc) is 2.86. The first-order chi connectivity index (χ1) is 8.25. The van der Waals surface area contributed by atoms with E-state index >= 15 is 0 Å². The Morgan fingerprint density at radius 1 is 1.59 bits per heavy atom. The number of carbonyl (C=O) groups is 1. The van der Waals surface area contributed by atoms with E-state index in [-0.39, 0.29) is 5.91 Å². The van der Waals surface area contributed by atoms with Crippen LogP contribution in [0.1, 0.15) is 29.0 Å². The number of furan rings is 1. The van der Waals surface area contributed by atoms with E-state index in [0.717, 1.165) is 18.6 Å². The van der Waals surface area contributed by atoms with Crippen molar-refractivity contribution in [3.63, 3.8) is 0 Å². The van der Waals surface area contributed by atoms with Gasteiger partial charge < -0.3 is 4.42 Å². The van der Waals surface area contributed by atoms with E-state index in [1.54, 1.807) is 13.0 Å². The van der Waals surface area contributed by atoms with Crippen LogP contribution in [-0.4, -0.2) is 11.6 Å². The summed E-state index contributed by atoms with van der Waals surface area (Å²) in [7, 11) is 0. The van der Waals surface area contributed by atoms with Gasteiger partial charge in [-0.1, -0.05) is 12.2 Å². The van der Waals surface area contributed by atoms with Crippen LogP contribution in [0.15, 0.2) is 34.0 Å². The predicted octanol–water partition coefficient (Wildman–Crippen LogP) is 2.27. The fourth-order valence-corrected chi connectivity index (χ4v) is 2.47. The summed E-state index contributed by atoms with van der Waals surface area (Å²) in [6, 6.07) is 1.66. The molecular weight excluding hydrogens is 216 g/mol. The number of amides is 1. The van der Waals surface area contributed by atoms with Gasteiger partial charge in [-0.15, -0.1) is 0 Å². The summed E-state index contributed by atoms with van der Waals surface area (Å²) in [5, 5.41) is 4.20. The van der Waals surface area contributed by atoms with Crippen LogP contribution in [0.4, 0.5) is 0 Å². The second kappa shape index (κ2) is 3.87. The first-order valence-electron chi connectivity index (χ1n) is 5.83. The van der Waals surface area contributed by atoms with Gasteiger partial charge in [0.05, 0.1) is 11.8 Å². The normalized spacial score (nSPS) is 27.9. The zero-order valence-electron chi connectivity index (χ0n) is 9.64. The highest BCUT2D eigenvalue weighted by atomic mass is 16.3. The standard InChI is InChI=1S/C13H14N2O2/c1-8-10(5-6-17-8)13(16)15-14-12-7-9-3-2-4-11(9)12/h2-3,5-6,9,11H,4,7H2,1H3,(H,15,16)/b14-12-/t9-,11+/m0/s1. The molecular formula is C13H14N2O2. The number of hydrogen-bond donors (Lipinski definition) is 1. The number of carbonyl (C=O) groups excluding carboxylic acids is 1. The van der Waals surface area contributed by atoms with Crippen LogP contribution in [-0.2, 0) is 0 Å². The first-order valence-corrected chi connectivity index (χ1v) is 5.83. The van der Waals surface area contributed by atoms with Gasteiger partial charge in [-0.05, 0) is 31.7 Å². The van der Waals surface area contributed by atoms with Crippen molar-refractivity contribution in [2.24, 2.45) is 16.9 Å². The second-order valence-electron chi connectivity index (χ2n) is 4.57. The molecule has 1 heterocycles. The summed E-state index contributed by atoms with van der Waals surface area (Å²) in [4.78, 5) is 11.8. The lowest BCUT2D eigenvalue weighted by Gasteiger charge is -2.31. The highest BCUT2D eigenvalue weighted by Crippen LogP contribution is 2.40. The molecule has 88 valence electrons. The summed E-state index contributed by atoms with van der Waals surface area (Å²) in [6.07, 6.45) is 7.99. The zero-order chi connectivity index (χ0) is 11.8. The molecule has 0 aromatic carbocycles. The number of allylic oxidation sites excluding steroid dienone is 2. The molecule has 3 rings (SSSR count). The lowest BCUT2D eigenvalue weighted by Crippen LogP contribution is -2.35. The zero-order valence-corrected chi connectivity index (χ0v) is 9.64. The molecule has 1 amide bonds. The third-order valence-corrected chi connectivity index (χ3v) is 3.57. The van der Waals surface area contributed by atoms with Crippen molar-refractivity contribution >= 4 is 11.6 Å². The van der Waals surface area contributed by atoms with E-state index in [2.05, 4.69) is 22.7 Å². The van der Waals surface area contributed by atoms with Crippen LogP contribution in [0, 0.1) is 18.8 Å². The predicted molar refractivity (Wildman–Crippen MR) is 63.7 cm³/mol. The van der Waals surface area contributed by atoms with Crippen molar-refractivity contribution in [3.8, 4) is 0 Å². The Balaban J connectivity index is 1.64. The quantitative estimate of drug-likeness (QED) is 0.626. The maximum atomic E-state index is 11.8. The second-order valence-corrected chi connectivity index (χ2v) is 4.57. The Kier molecular flexibility index (Phi) is 2.35. The minimum atomic E-state index is -0.196. The third kappa shape index (κ3) is 1.69. The van der Waals surface area contributed by atoms with Gasteiger partial charge in [0.1, 0.15) is 5.76 Å². The number of nitrogens with zero attached hydrogens (tertiary/aromatic N) is 1. The molecule has 0 saturated heterocycles. The fourth-order valence-electron chi connectivity index (χ4n) is 2.47. The van der Waals surface area contributed by atoms with Crippen molar-refractivity contribution in [1.29, 1.82) is 0 Å². The minimum absolute atomic E-state index is 0.196. The van der Waals surface area contributed by atoms with Gasteiger partial charge in [0.25, 0.3) is 5.91 Å². The largest absolute Gasteiger partial charge is 0.469 e. The lowest BCUT2D eigenvalue weighted by atomic mass is 9.74. The molecule has 0 unspecified atom stereocenters. The van der Waals surface area contributed by atoms with Gasteiger partial charge in [-0.2, -0.15) is 5.10 Å². The Labute approximate surface area is 99.4 Å². The number of nitrogens with one attached hydrogen (secondary N) is 1. The van der Waals surface area contributed by atoms with Gasteiger partial charge in [-0.3, -0.25) is 4.79 Å². The van der Waals surface area contributed by atoms with E-state index in [9.17, 15) is 4.79 Å². The molecule has 4 heteroatoms. The maximum absolute atomic E-state index is 11.8. The number of aryl methyl sites for hydroxylation is 1. The molecule has 1 saturated carbocycles. The van der Waals surface area contributed by atoms with E-state index in [4.69, 9.17) is 4.42 Å². The van der Waals surface area contributed by atoms with Crippen molar-refractivity contribution in [3.05, 3.63) is 35.8 Å². The highest BCUT2D eigenvalue weighted by molar-refractivity contribution is 5.98. The summed E-state index contributed by atoms with van der Waals surface area (Å²) in [5.41, 5.74) is 4.26. The Hall–Kier alpha value is -1.84. The number of hydrogen-bond acceptors (Lipinski definition) is 3. The molecule has 0 bridgehead atoms. The van der Waals surface area contributed by atoms with E-state index in [1.807, 2.05) is 0 Å². The summed E-state index contributed by atoms with van der Waals surface area (Å²) < 4.78 is 5.08. The average molecular weight is 230 g/mol. The molecule has 1 N–H and O–H groups in total. The fraction of sp³-hybridized carbons (Fsp3) is 0.385. The maximum Gasteiger partial charge on any atom is 0.274 e. The molecule has 17 heavy (non-hydrogen) atoms. The molecule has 1 fully saturated rings. The molecule has 2 aliphatic rings. The molecule has 1 aromatic rings. The smallest absolute Gasteiger partial charge is 0.274 e. The van der Waals surface area contributed by atoms with Crippen LogP contribution < -0.4 is 5.43 Å². The van der Waals surface area contributed by atoms with E-state index in [1.165, 1.54) is 6.26 Å². The monoisotopic (exact) mass is 230 g/mol. The highest BCUT2D eigenvalue weighted by Gasteiger charge is 2.38. The van der Waals surface area contributed by atoms with Gasteiger partial charge in [-0.25, -0.2) is 5.43 Å². The SMILES string of the molecule is Cc1occc1C(=O)N/N=C1/C[C@@H]2C=CC[C@@H]12. The molecule has 2 aliphatic carbocycles. The van der Waals surface area contributed by atoms with E-state index in [0.29, 0.717) is 23.2 Å². The van der Waals surface area contributed by atoms with Gasteiger partial charge in [0.15, 0.2) is 0 Å².